The van der Waals surface area contributed by atoms with Gasteiger partial charge in [-0.3, -0.25) is 9.59 Å². The highest BCUT2D eigenvalue weighted by atomic mass is 79.9. The van der Waals surface area contributed by atoms with Crippen LogP contribution in [0.3, 0.4) is 0 Å². The van der Waals surface area contributed by atoms with E-state index in [9.17, 15) is 14.0 Å². The van der Waals surface area contributed by atoms with E-state index in [1.807, 2.05) is 19.1 Å². The van der Waals surface area contributed by atoms with Crippen LogP contribution in [0.25, 0.3) is 5.69 Å². The molecule has 0 saturated carbocycles. The molecule has 0 aliphatic rings. The van der Waals surface area contributed by atoms with Gasteiger partial charge >= 0.3 is 0 Å². The van der Waals surface area contributed by atoms with Crippen molar-refractivity contribution in [2.45, 2.75) is 13.8 Å². The zero-order chi connectivity index (χ0) is 20.3. The molecule has 0 radical (unpaired) electrons. The lowest BCUT2D eigenvalue weighted by molar-refractivity contribution is -0.115. The maximum absolute atomic E-state index is 13.1. The van der Waals surface area contributed by atoms with Crippen molar-refractivity contribution in [1.82, 2.24) is 15.1 Å². The molecule has 0 saturated heterocycles. The molecule has 3 rings (SSSR count). The van der Waals surface area contributed by atoms with Crippen molar-refractivity contribution < 1.29 is 14.0 Å². The Morgan fingerprint density at radius 3 is 2.54 bits per heavy atom. The van der Waals surface area contributed by atoms with Crippen molar-refractivity contribution in [2.24, 2.45) is 0 Å². The van der Waals surface area contributed by atoms with Crippen LogP contribution in [0.4, 0.5) is 10.1 Å². The number of carbonyl (C=O) groups excluding carboxylic acids is 2. The van der Waals surface area contributed by atoms with E-state index in [4.69, 9.17) is 0 Å². The molecule has 0 aliphatic heterocycles. The van der Waals surface area contributed by atoms with E-state index in [-0.39, 0.29) is 18.3 Å². The van der Waals surface area contributed by atoms with Gasteiger partial charge in [0.15, 0.2) is 0 Å². The summed E-state index contributed by atoms with van der Waals surface area (Å²) in [6, 6.07) is 11.2. The van der Waals surface area contributed by atoms with Crippen molar-refractivity contribution >= 4 is 33.4 Å². The fourth-order valence-corrected chi connectivity index (χ4v) is 2.91. The third-order valence-corrected chi connectivity index (χ3v) is 5.07. The van der Waals surface area contributed by atoms with Crippen molar-refractivity contribution in [3.8, 4) is 5.69 Å². The molecule has 0 aliphatic carbocycles. The Bertz CT molecular complexity index is 1030. The third-order valence-electron chi connectivity index (χ3n) is 4.18. The lowest BCUT2D eigenvalue weighted by atomic mass is 10.2. The molecule has 1 heterocycles. The minimum absolute atomic E-state index is 0.172. The lowest BCUT2D eigenvalue weighted by Gasteiger charge is -2.09. The van der Waals surface area contributed by atoms with E-state index in [0.717, 1.165) is 10.0 Å². The summed E-state index contributed by atoms with van der Waals surface area (Å²) in [6.45, 7) is 3.48. The van der Waals surface area contributed by atoms with Crippen LogP contribution in [0.2, 0.25) is 0 Å². The molecule has 1 aromatic heterocycles. The van der Waals surface area contributed by atoms with Gasteiger partial charge in [0.2, 0.25) is 5.91 Å². The van der Waals surface area contributed by atoms with E-state index in [0.29, 0.717) is 22.6 Å². The molecule has 28 heavy (non-hydrogen) atoms. The summed E-state index contributed by atoms with van der Waals surface area (Å²) >= 11 is 3.40. The van der Waals surface area contributed by atoms with Crippen LogP contribution in [0.15, 0.2) is 53.1 Å². The lowest BCUT2D eigenvalue weighted by Crippen LogP contribution is -2.33. The first-order chi connectivity index (χ1) is 13.3. The number of aryl methyl sites for hydroxylation is 1. The molecule has 8 heteroatoms. The molecule has 3 aromatic rings. The van der Waals surface area contributed by atoms with Crippen LogP contribution in [0, 0.1) is 19.7 Å². The Morgan fingerprint density at radius 1 is 1.14 bits per heavy atom. The molecule has 0 atom stereocenters. The quantitative estimate of drug-likeness (QED) is 0.628. The maximum Gasteiger partial charge on any atom is 0.255 e. The van der Waals surface area contributed by atoms with Gasteiger partial charge < -0.3 is 10.6 Å². The number of anilines is 1. The summed E-state index contributed by atoms with van der Waals surface area (Å²) < 4.78 is 15.6. The van der Waals surface area contributed by atoms with Gasteiger partial charge in [-0.15, -0.1) is 0 Å². The SMILES string of the molecule is Cc1cc(NC(=O)CNC(=O)c2cnn(-c3ccc(F)cc3)c2C)ccc1Br. The van der Waals surface area contributed by atoms with E-state index < -0.39 is 5.91 Å². The Morgan fingerprint density at radius 2 is 1.86 bits per heavy atom. The predicted octanol–water partition coefficient (Wildman–Crippen LogP) is 3.76. The average molecular weight is 445 g/mol. The Balaban J connectivity index is 1.62. The standard InChI is InChI=1S/C20H18BrFN4O2/c1-12-9-15(5-8-18(12)21)25-19(27)11-23-20(28)17-10-24-26(13(17)2)16-6-3-14(22)4-7-16/h3-10H,11H2,1-2H3,(H,23,28)(H,25,27). The summed E-state index contributed by atoms with van der Waals surface area (Å²) in [7, 11) is 0. The smallest absolute Gasteiger partial charge is 0.255 e. The molecule has 6 nitrogen and oxygen atoms in total. The zero-order valence-electron chi connectivity index (χ0n) is 15.3. The van der Waals surface area contributed by atoms with Crippen LogP contribution >= 0.6 is 15.9 Å². The van der Waals surface area contributed by atoms with Crippen LogP contribution in [-0.4, -0.2) is 28.1 Å². The zero-order valence-corrected chi connectivity index (χ0v) is 16.9. The Labute approximate surface area is 169 Å². The molecule has 0 unspecified atom stereocenters. The van der Waals surface area contributed by atoms with E-state index in [1.54, 1.807) is 29.8 Å². The van der Waals surface area contributed by atoms with Gasteiger partial charge in [0, 0.05) is 10.2 Å². The second-order valence-electron chi connectivity index (χ2n) is 6.23. The van der Waals surface area contributed by atoms with Crippen molar-refractivity contribution in [3.63, 3.8) is 0 Å². The van der Waals surface area contributed by atoms with Crippen LogP contribution in [0.1, 0.15) is 21.6 Å². The highest BCUT2D eigenvalue weighted by Crippen LogP contribution is 2.20. The van der Waals surface area contributed by atoms with E-state index in [1.165, 1.54) is 18.3 Å². The van der Waals surface area contributed by atoms with Crippen LogP contribution in [-0.2, 0) is 4.79 Å². The molecule has 0 bridgehead atoms. The average Bonchev–Trinajstić information content (AvgIpc) is 3.05. The number of aromatic nitrogens is 2. The van der Waals surface area contributed by atoms with Gasteiger partial charge in [0.25, 0.3) is 5.91 Å². The number of carbonyl (C=O) groups is 2. The van der Waals surface area contributed by atoms with Crippen LogP contribution < -0.4 is 10.6 Å². The highest BCUT2D eigenvalue weighted by molar-refractivity contribution is 9.10. The van der Waals surface area contributed by atoms with Crippen molar-refractivity contribution in [3.05, 3.63) is 75.8 Å². The molecule has 2 aromatic carbocycles. The Kier molecular flexibility index (Phi) is 5.89. The largest absolute Gasteiger partial charge is 0.343 e. The van der Waals surface area contributed by atoms with Gasteiger partial charge in [0.05, 0.1) is 29.7 Å². The number of nitrogens with zero attached hydrogens (tertiary/aromatic N) is 2. The molecule has 2 amide bonds. The number of benzene rings is 2. The van der Waals surface area contributed by atoms with E-state index >= 15 is 0 Å². The van der Waals surface area contributed by atoms with Crippen molar-refractivity contribution in [2.75, 3.05) is 11.9 Å². The summed E-state index contributed by atoms with van der Waals surface area (Å²) in [6.07, 6.45) is 1.42. The molecule has 2 N–H and O–H groups in total. The number of rotatable bonds is 5. The molecular weight excluding hydrogens is 427 g/mol. The maximum atomic E-state index is 13.1. The highest BCUT2D eigenvalue weighted by Gasteiger charge is 2.16. The predicted molar refractivity (Wildman–Crippen MR) is 108 cm³/mol. The van der Waals surface area contributed by atoms with Gasteiger partial charge in [0.1, 0.15) is 5.82 Å². The number of amides is 2. The second-order valence-corrected chi connectivity index (χ2v) is 7.08. The summed E-state index contributed by atoms with van der Waals surface area (Å²) in [5.41, 5.74) is 3.22. The number of halogens is 2. The first-order valence-electron chi connectivity index (χ1n) is 8.50. The minimum Gasteiger partial charge on any atom is -0.343 e. The van der Waals surface area contributed by atoms with Gasteiger partial charge in [-0.25, -0.2) is 9.07 Å². The molecule has 144 valence electrons. The third kappa shape index (κ3) is 4.45. The van der Waals surface area contributed by atoms with Gasteiger partial charge in [-0.2, -0.15) is 5.10 Å². The van der Waals surface area contributed by atoms with Gasteiger partial charge in [-0.05, 0) is 61.9 Å². The molecular formula is C20H18BrFN4O2. The summed E-state index contributed by atoms with van der Waals surface area (Å²) in [4.78, 5) is 24.5. The summed E-state index contributed by atoms with van der Waals surface area (Å²) in [5.74, 6) is -1.09. The first kappa shape index (κ1) is 19.8. The first-order valence-corrected chi connectivity index (χ1v) is 9.29. The number of hydrogen-bond donors (Lipinski definition) is 2. The normalized spacial score (nSPS) is 10.6. The topological polar surface area (TPSA) is 76.0 Å². The molecule has 0 spiro atoms. The number of nitrogens with one attached hydrogen (secondary N) is 2. The van der Waals surface area contributed by atoms with Crippen LogP contribution in [0.5, 0.6) is 0 Å². The fraction of sp³-hybridized carbons (Fsp3) is 0.150. The number of hydrogen-bond acceptors (Lipinski definition) is 3. The Hall–Kier alpha value is -3.00. The molecule has 0 fully saturated rings. The van der Waals surface area contributed by atoms with E-state index in [2.05, 4.69) is 31.7 Å². The fourth-order valence-electron chi connectivity index (χ4n) is 2.66. The summed E-state index contributed by atoms with van der Waals surface area (Å²) in [5, 5.41) is 9.50. The second kappa shape index (κ2) is 8.35. The monoisotopic (exact) mass is 444 g/mol. The minimum atomic E-state index is -0.409. The van der Waals surface area contributed by atoms with Gasteiger partial charge in [-0.1, -0.05) is 15.9 Å². The van der Waals surface area contributed by atoms with Crippen molar-refractivity contribution in [1.29, 1.82) is 0 Å².